The molecule has 0 saturated carbocycles. The Bertz CT molecular complexity index is 867. The zero-order valence-corrected chi connectivity index (χ0v) is 16.7. The third-order valence-electron chi connectivity index (χ3n) is 4.79. The van der Waals surface area contributed by atoms with Gasteiger partial charge in [0.25, 0.3) is 0 Å². The van der Waals surface area contributed by atoms with Gasteiger partial charge in [-0.2, -0.15) is 0 Å². The number of nitrogens with zero attached hydrogens (tertiary/aromatic N) is 2. The van der Waals surface area contributed by atoms with Crippen molar-refractivity contribution in [1.29, 1.82) is 0 Å². The molecule has 0 aliphatic heterocycles. The summed E-state index contributed by atoms with van der Waals surface area (Å²) in [5.74, 6) is 1.59. The number of rotatable bonds is 9. The molecule has 2 aromatic heterocycles. The fourth-order valence-corrected chi connectivity index (χ4v) is 3.11. The molecule has 0 spiro atoms. The number of benzene rings is 1. The smallest absolute Gasteiger partial charge is 0.127 e. The first-order valence-electron chi connectivity index (χ1n) is 9.54. The highest BCUT2D eigenvalue weighted by molar-refractivity contribution is 5.71. The summed E-state index contributed by atoms with van der Waals surface area (Å²) in [6, 6.07) is 16.3. The van der Waals surface area contributed by atoms with Crippen LogP contribution in [0.5, 0.6) is 11.5 Å². The van der Waals surface area contributed by atoms with E-state index in [-0.39, 0.29) is 0 Å². The van der Waals surface area contributed by atoms with Crippen molar-refractivity contribution >= 4 is 0 Å². The van der Waals surface area contributed by atoms with Crippen molar-refractivity contribution in [3.05, 3.63) is 72.3 Å². The predicted molar refractivity (Wildman–Crippen MR) is 112 cm³/mol. The summed E-state index contributed by atoms with van der Waals surface area (Å²) in [6.07, 6.45) is 5.68. The third kappa shape index (κ3) is 5.08. The van der Waals surface area contributed by atoms with Crippen LogP contribution in [0.3, 0.4) is 0 Å². The van der Waals surface area contributed by atoms with Crippen LogP contribution in [0.1, 0.15) is 24.7 Å². The first kappa shape index (κ1) is 19.8. The first-order chi connectivity index (χ1) is 13.7. The van der Waals surface area contributed by atoms with Crippen molar-refractivity contribution in [3.63, 3.8) is 0 Å². The normalized spacial score (nSPS) is 11.8. The van der Waals surface area contributed by atoms with E-state index in [1.54, 1.807) is 14.2 Å². The van der Waals surface area contributed by atoms with E-state index in [1.807, 2.05) is 42.7 Å². The van der Waals surface area contributed by atoms with Crippen molar-refractivity contribution in [2.75, 3.05) is 14.2 Å². The lowest BCUT2D eigenvalue weighted by Gasteiger charge is -2.16. The summed E-state index contributed by atoms with van der Waals surface area (Å²) in [6.45, 7) is 2.91. The fraction of sp³-hybridized carbons (Fsp3) is 0.304. The maximum absolute atomic E-state index is 5.48. The SMILES string of the molecule is CCC(Cc1ccccn1)NCc1ccc(-c2cc(OC)ccc2OC)cn1. The number of hydrogen-bond donors (Lipinski definition) is 1. The Morgan fingerprint density at radius 3 is 2.50 bits per heavy atom. The number of ether oxygens (including phenoxy) is 2. The average Bonchev–Trinajstić information content (AvgIpc) is 2.77. The van der Waals surface area contributed by atoms with E-state index in [0.717, 1.165) is 53.4 Å². The minimum Gasteiger partial charge on any atom is -0.497 e. The topological polar surface area (TPSA) is 56.3 Å². The molecule has 1 atom stereocenters. The van der Waals surface area contributed by atoms with Crippen LogP contribution < -0.4 is 14.8 Å². The van der Waals surface area contributed by atoms with Gasteiger partial charge in [0.05, 0.1) is 19.9 Å². The summed E-state index contributed by atoms with van der Waals surface area (Å²) in [5, 5.41) is 3.59. The molecule has 28 heavy (non-hydrogen) atoms. The summed E-state index contributed by atoms with van der Waals surface area (Å²) in [7, 11) is 3.33. The van der Waals surface area contributed by atoms with Crippen LogP contribution in [-0.4, -0.2) is 30.2 Å². The summed E-state index contributed by atoms with van der Waals surface area (Å²) in [5.41, 5.74) is 4.08. The average molecular weight is 377 g/mol. The van der Waals surface area contributed by atoms with Crippen LogP contribution in [0.4, 0.5) is 0 Å². The van der Waals surface area contributed by atoms with Crippen molar-refractivity contribution in [1.82, 2.24) is 15.3 Å². The van der Waals surface area contributed by atoms with Gasteiger partial charge in [-0.15, -0.1) is 0 Å². The van der Waals surface area contributed by atoms with E-state index in [2.05, 4.69) is 40.4 Å². The van der Waals surface area contributed by atoms with Crippen LogP contribution in [0.15, 0.2) is 60.9 Å². The van der Waals surface area contributed by atoms with Gasteiger partial charge in [0, 0.05) is 48.2 Å². The van der Waals surface area contributed by atoms with Crippen molar-refractivity contribution < 1.29 is 9.47 Å². The standard InChI is InChI=1S/C23H27N3O2/c1-4-18(13-19-7-5-6-12-24-19)26-16-20-9-8-17(15-25-20)22-14-21(27-2)10-11-23(22)28-3/h5-12,14-15,18,26H,4,13,16H2,1-3H3. The van der Waals surface area contributed by atoms with E-state index in [1.165, 1.54) is 0 Å². The highest BCUT2D eigenvalue weighted by atomic mass is 16.5. The molecule has 2 heterocycles. The van der Waals surface area contributed by atoms with Gasteiger partial charge in [-0.25, -0.2) is 0 Å². The molecule has 0 radical (unpaired) electrons. The Hall–Kier alpha value is -2.92. The summed E-state index contributed by atoms with van der Waals surface area (Å²) in [4.78, 5) is 9.04. The lowest BCUT2D eigenvalue weighted by molar-refractivity contribution is 0.404. The van der Waals surface area contributed by atoms with Crippen LogP contribution in [0, 0.1) is 0 Å². The molecule has 0 fully saturated rings. The van der Waals surface area contributed by atoms with Gasteiger partial charge in [0.2, 0.25) is 0 Å². The van der Waals surface area contributed by atoms with Crippen LogP contribution >= 0.6 is 0 Å². The molecular weight excluding hydrogens is 350 g/mol. The van der Waals surface area contributed by atoms with Gasteiger partial charge < -0.3 is 14.8 Å². The number of hydrogen-bond acceptors (Lipinski definition) is 5. The van der Waals surface area contributed by atoms with E-state index in [0.29, 0.717) is 6.04 Å². The molecule has 0 bridgehead atoms. The molecule has 5 heteroatoms. The Labute approximate surface area is 166 Å². The lowest BCUT2D eigenvalue weighted by Crippen LogP contribution is -2.30. The molecule has 0 aliphatic rings. The molecule has 1 aromatic carbocycles. The van der Waals surface area contributed by atoms with Gasteiger partial charge >= 0.3 is 0 Å². The van der Waals surface area contributed by atoms with Gasteiger partial charge in [-0.1, -0.05) is 19.1 Å². The van der Waals surface area contributed by atoms with Crippen molar-refractivity contribution in [3.8, 4) is 22.6 Å². The second-order valence-electron chi connectivity index (χ2n) is 6.62. The summed E-state index contributed by atoms with van der Waals surface area (Å²) < 4.78 is 10.8. The molecule has 1 unspecified atom stereocenters. The zero-order chi connectivity index (χ0) is 19.8. The highest BCUT2D eigenvalue weighted by Crippen LogP contribution is 2.33. The molecule has 0 saturated heterocycles. The highest BCUT2D eigenvalue weighted by Gasteiger charge is 2.10. The Morgan fingerprint density at radius 1 is 0.964 bits per heavy atom. The van der Waals surface area contributed by atoms with Crippen LogP contribution in [0.25, 0.3) is 11.1 Å². The first-order valence-corrected chi connectivity index (χ1v) is 9.54. The third-order valence-corrected chi connectivity index (χ3v) is 4.79. The summed E-state index contributed by atoms with van der Waals surface area (Å²) >= 11 is 0. The Morgan fingerprint density at radius 2 is 1.86 bits per heavy atom. The van der Waals surface area contributed by atoms with Crippen LogP contribution in [0.2, 0.25) is 0 Å². The van der Waals surface area contributed by atoms with Crippen molar-refractivity contribution in [2.45, 2.75) is 32.4 Å². The Kier molecular flexibility index (Phi) is 6.98. The van der Waals surface area contributed by atoms with E-state index >= 15 is 0 Å². The molecule has 5 nitrogen and oxygen atoms in total. The number of methoxy groups -OCH3 is 2. The predicted octanol–water partition coefficient (Wildman–Crippen LogP) is 4.27. The molecule has 3 aromatic rings. The molecule has 0 amide bonds. The molecule has 0 aliphatic carbocycles. The zero-order valence-electron chi connectivity index (χ0n) is 16.7. The van der Waals surface area contributed by atoms with Crippen molar-refractivity contribution in [2.24, 2.45) is 0 Å². The fourth-order valence-electron chi connectivity index (χ4n) is 3.11. The second kappa shape index (κ2) is 9.85. The molecule has 1 N–H and O–H groups in total. The number of aromatic nitrogens is 2. The largest absolute Gasteiger partial charge is 0.497 e. The number of nitrogens with one attached hydrogen (secondary N) is 1. The minimum atomic E-state index is 0.370. The van der Waals surface area contributed by atoms with Gasteiger partial charge in [-0.3, -0.25) is 9.97 Å². The molecule has 3 rings (SSSR count). The van der Waals surface area contributed by atoms with E-state index in [4.69, 9.17) is 9.47 Å². The Balaban J connectivity index is 1.66. The second-order valence-corrected chi connectivity index (χ2v) is 6.62. The van der Waals surface area contributed by atoms with E-state index < -0.39 is 0 Å². The molecular formula is C23H27N3O2. The monoisotopic (exact) mass is 377 g/mol. The number of pyridine rings is 2. The van der Waals surface area contributed by atoms with Gasteiger partial charge in [-0.05, 0) is 42.8 Å². The molecule has 146 valence electrons. The van der Waals surface area contributed by atoms with Gasteiger partial charge in [0.15, 0.2) is 0 Å². The quantitative estimate of drug-likeness (QED) is 0.603. The lowest BCUT2D eigenvalue weighted by atomic mass is 10.1. The van der Waals surface area contributed by atoms with E-state index in [9.17, 15) is 0 Å². The maximum atomic E-state index is 5.48. The van der Waals surface area contributed by atoms with Gasteiger partial charge in [0.1, 0.15) is 11.5 Å². The maximum Gasteiger partial charge on any atom is 0.127 e. The van der Waals surface area contributed by atoms with Crippen LogP contribution in [-0.2, 0) is 13.0 Å². The minimum absolute atomic E-state index is 0.370.